The van der Waals surface area contributed by atoms with Gasteiger partial charge in [0.25, 0.3) is 0 Å². The van der Waals surface area contributed by atoms with Crippen molar-refractivity contribution in [2.45, 2.75) is 19.3 Å². The SMILES string of the molecule is Cl.N#C/C(=C\c1ccc(OCCN2CCCCC2)cc1)c1noc2ccc(Cl)cc12.O. The first kappa shape index (κ1) is 24.7. The third-order valence-electron chi connectivity index (χ3n) is 5.12. The van der Waals surface area contributed by atoms with Crippen molar-refractivity contribution in [1.82, 2.24) is 10.1 Å². The quantitative estimate of drug-likeness (QED) is 0.480. The number of rotatable bonds is 6. The summed E-state index contributed by atoms with van der Waals surface area (Å²) in [6.45, 7) is 3.99. The van der Waals surface area contributed by atoms with Gasteiger partial charge in [-0.3, -0.25) is 4.90 Å². The largest absolute Gasteiger partial charge is 0.492 e. The Hall–Kier alpha value is -2.56. The lowest BCUT2D eigenvalue weighted by Gasteiger charge is -2.26. The molecule has 0 spiro atoms. The summed E-state index contributed by atoms with van der Waals surface area (Å²) in [5.74, 6) is 0.830. The summed E-state index contributed by atoms with van der Waals surface area (Å²) in [5, 5.41) is 15.0. The number of nitriles is 1. The molecule has 8 heteroatoms. The lowest BCUT2D eigenvalue weighted by atomic mass is 10.1. The Bertz CT molecular complexity index is 1050. The van der Waals surface area contributed by atoms with Gasteiger partial charge in [-0.2, -0.15) is 5.26 Å². The number of piperidine rings is 1. The molecule has 31 heavy (non-hydrogen) atoms. The van der Waals surface area contributed by atoms with Crippen LogP contribution in [0.15, 0.2) is 47.0 Å². The number of allylic oxidation sites excluding steroid dienone is 1. The molecule has 1 aliphatic heterocycles. The molecule has 2 aromatic carbocycles. The first-order chi connectivity index (χ1) is 14.2. The molecule has 164 valence electrons. The number of hydrogen-bond acceptors (Lipinski definition) is 5. The van der Waals surface area contributed by atoms with E-state index in [-0.39, 0.29) is 17.9 Å². The first-order valence-corrected chi connectivity index (χ1v) is 10.2. The van der Waals surface area contributed by atoms with Gasteiger partial charge in [0.2, 0.25) is 0 Å². The van der Waals surface area contributed by atoms with Crippen molar-refractivity contribution in [2.24, 2.45) is 0 Å². The molecule has 0 amide bonds. The van der Waals surface area contributed by atoms with Crippen LogP contribution in [0.3, 0.4) is 0 Å². The zero-order valence-corrected chi connectivity index (χ0v) is 18.6. The van der Waals surface area contributed by atoms with E-state index in [4.69, 9.17) is 20.9 Å². The van der Waals surface area contributed by atoms with Crippen molar-refractivity contribution in [3.05, 3.63) is 58.7 Å². The van der Waals surface area contributed by atoms with Gasteiger partial charge < -0.3 is 14.7 Å². The predicted octanol–water partition coefficient (Wildman–Crippen LogP) is 5.01. The third-order valence-corrected chi connectivity index (χ3v) is 5.36. The van der Waals surface area contributed by atoms with Gasteiger partial charge in [-0.25, -0.2) is 0 Å². The Kier molecular flexibility index (Phi) is 9.35. The number of aromatic nitrogens is 1. The minimum absolute atomic E-state index is 0. The number of likely N-dealkylation sites (tertiary alicyclic amines) is 1. The van der Waals surface area contributed by atoms with Crippen LogP contribution in [-0.2, 0) is 0 Å². The molecule has 6 nitrogen and oxygen atoms in total. The van der Waals surface area contributed by atoms with Crippen LogP contribution in [0.25, 0.3) is 22.6 Å². The Morgan fingerprint density at radius 2 is 1.90 bits per heavy atom. The molecular weight excluding hydrogens is 437 g/mol. The maximum absolute atomic E-state index is 9.62. The Labute approximate surface area is 192 Å². The van der Waals surface area contributed by atoms with Crippen LogP contribution in [0, 0.1) is 11.3 Å². The van der Waals surface area contributed by atoms with Crippen molar-refractivity contribution in [3.63, 3.8) is 0 Å². The summed E-state index contributed by atoms with van der Waals surface area (Å²) in [6, 6.07) is 15.2. The maximum Gasteiger partial charge on any atom is 0.167 e. The molecule has 1 fully saturated rings. The summed E-state index contributed by atoms with van der Waals surface area (Å²) < 4.78 is 11.2. The fraction of sp³-hybridized carbons (Fsp3) is 0.304. The molecule has 3 aromatic rings. The van der Waals surface area contributed by atoms with E-state index >= 15 is 0 Å². The molecule has 2 N–H and O–H groups in total. The van der Waals surface area contributed by atoms with E-state index in [0.717, 1.165) is 23.2 Å². The lowest BCUT2D eigenvalue weighted by Crippen LogP contribution is -2.33. The molecule has 0 saturated carbocycles. The topological polar surface area (TPSA) is 93.8 Å². The third kappa shape index (κ3) is 6.22. The molecule has 1 aliphatic rings. The highest BCUT2D eigenvalue weighted by Crippen LogP contribution is 2.28. The molecule has 1 saturated heterocycles. The minimum Gasteiger partial charge on any atom is -0.492 e. The minimum atomic E-state index is 0. The Morgan fingerprint density at radius 1 is 1.16 bits per heavy atom. The van der Waals surface area contributed by atoms with Gasteiger partial charge in [0.15, 0.2) is 5.58 Å². The van der Waals surface area contributed by atoms with E-state index in [0.29, 0.717) is 28.5 Å². The Morgan fingerprint density at radius 3 is 2.61 bits per heavy atom. The summed E-state index contributed by atoms with van der Waals surface area (Å²) in [4.78, 5) is 2.45. The first-order valence-electron chi connectivity index (χ1n) is 9.85. The van der Waals surface area contributed by atoms with Gasteiger partial charge in [-0.05, 0) is 67.9 Å². The van der Waals surface area contributed by atoms with Crippen LogP contribution in [0.1, 0.15) is 30.5 Å². The number of nitrogens with zero attached hydrogens (tertiary/aromatic N) is 3. The smallest absolute Gasteiger partial charge is 0.167 e. The molecule has 0 aliphatic carbocycles. The number of benzene rings is 2. The molecule has 0 radical (unpaired) electrons. The monoisotopic (exact) mass is 461 g/mol. The van der Waals surface area contributed by atoms with Crippen LogP contribution in [-0.4, -0.2) is 41.8 Å². The van der Waals surface area contributed by atoms with Gasteiger partial charge >= 0.3 is 0 Å². The van der Waals surface area contributed by atoms with E-state index in [9.17, 15) is 5.26 Å². The second kappa shape index (κ2) is 11.7. The fourth-order valence-electron chi connectivity index (χ4n) is 3.56. The van der Waals surface area contributed by atoms with E-state index in [1.54, 1.807) is 24.3 Å². The molecule has 0 atom stereocenters. The summed E-state index contributed by atoms with van der Waals surface area (Å²) in [6.07, 6.45) is 5.70. The van der Waals surface area contributed by atoms with Gasteiger partial charge in [-0.1, -0.05) is 35.3 Å². The second-order valence-electron chi connectivity index (χ2n) is 7.16. The van der Waals surface area contributed by atoms with E-state index < -0.39 is 0 Å². The molecule has 0 bridgehead atoms. The van der Waals surface area contributed by atoms with Crippen molar-refractivity contribution in [3.8, 4) is 11.8 Å². The summed E-state index contributed by atoms with van der Waals surface area (Å²) in [5.41, 5.74) is 2.41. The molecule has 2 heterocycles. The molecular formula is C23H25Cl2N3O3. The highest BCUT2D eigenvalue weighted by atomic mass is 35.5. The van der Waals surface area contributed by atoms with Crippen molar-refractivity contribution in [2.75, 3.05) is 26.2 Å². The fourth-order valence-corrected chi connectivity index (χ4v) is 3.73. The second-order valence-corrected chi connectivity index (χ2v) is 7.60. The molecule has 0 unspecified atom stereocenters. The van der Waals surface area contributed by atoms with Crippen LogP contribution < -0.4 is 4.74 Å². The van der Waals surface area contributed by atoms with Crippen molar-refractivity contribution < 1.29 is 14.7 Å². The van der Waals surface area contributed by atoms with Crippen LogP contribution in [0.4, 0.5) is 0 Å². The van der Waals surface area contributed by atoms with Gasteiger partial charge in [0.1, 0.15) is 24.1 Å². The van der Waals surface area contributed by atoms with Crippen LogP contribution in [0.5, 0.6) is 5.75 Å². The molecule has 4 rings (SSSR count). The highest BCUT2D eigenvalue weighted by Gasteiger charge is 2.13. The van der Waals surface area contributed by atoms with E-state index in [1.807, 2.05) is 24.3 Å². The zero-order valence-electron chi connectivity index (χ0n) is 17.0. The van der Waals surface area contributed by atoms with Crippen molar-refractivity contribution in [1.29, 1.82) is 5.26 Å². The average Bonchev–Trinajstić information content (AvgIpc) is 3.17. The highest BCUT2D eigenvalue weighted by molar-refractivity contribution is 6.31. The summed E-state index contributed by atoms with van der Waals surface area (Å²) >= 11 is 6.08. The number of hydrogen-bond donors (Lipinski definition) is 0. The van der Waals surface area contributed by atoms with Gasteiger partial charge in [-0.15, -0.1) is 12.4 Å². The zero-order chi connectivity index (χ0) is 20.1. The summed E-state index contributed by atoms with van der Waals surface area (Å²) in [7, 11) is 0. The van der Waals surface area contributed by atoms with Gasteiger partial charge in [0.05, 0.1) is 11.0 Å². The number of fused-ring (bicyclic) bond motifs is 1. The van der Waals surface area contributed by atoms with Crippen LogP contribution in [0.2, 0.25) is 5.02 Å². The normalized spacial score (nSPS) is 14.4. The van der Waals surface area contributed by atoms with E-state index in [1.165, 1.54) is 32.4 Å². The van der Waals surface area contributed by atoms with Gasteiger partial charge in [0, 0.05) is 11.6 Å². The Balaban J connectivity index is 0.00000171. The number of halogens is 2. The number of ether oxygens (including phenoxy) is 1. The van der Waals surface area contributed by atoms with E-state index in [2.05, 4.69) is 16.1 Å². The predicted molar refractivity (Wildman–Crippen MR) is 126 cm³/mol. The maximum atomic E-state index is 9.62. The van der Waals surface area contributed by atoms with Crippen LogP contribution >= 0.6 is 24.0 Å². The average molecular weight is 462 g/mol. The van der Waals surface area contributed by atoms with Crippen molar-refractivity contribution >= 4 is 46.6 Å². The standard InChI is InChI=1S/C23H22ClN3O2.ClH.H2O/c24-19-6-9-22-21(15-19)23(26-29-22)18(16-25)14-17-4-7-20(8-5-17)28-13-12-27-10-2-1-3-11-27;;/h4-9,14-15H,1-3,10-13H2;1H;1H2/b18-14+;;. The lowest BCUT2D eigenvalue weighted by molar-refractivity contribution is 0.183. The molecule has 1 aromatic heterocycles.